The fourth-order valence-electron chi connectivity index (χ4n) is 3.41. The molecule has 0 saturated carbocycles. The van der Waals surface area contributed by atoms with E-state index in [4.69, 9.17) is 0 Å². The van der Waals surface area contributed by atoms with E-state index in [9.17, 15) is 9.59 Å². The van der Waals surface area contributed by atoms with E-state index in [-0.39, 0.29) is 18.0 Å². The van der Waals surface area contributed by atoms with Gasteiger partial charge in [0, 0.05) is 20.6 Å². The van der Waals surface area contributed by atoms with Crippen LogP contribution in [-0.4, -0.2) is 15.5 Å². The van der Waals surface area contributed by atoms with E-state index in [1.54, 1.807) is 0 Å². The maximum absolute atomic E-state index is 13.3. The first-order chi connectivity index (χ1) is 14.5. The number of aryl methyl sites for hydroxylation is 2. The summed E-state index contributed by atoms with van der Waals surface area (Å²) in [6.07, 6.45) is 2.27. The first kappa shape index (κ1) is 20.5. The molecule has 5 nitrogen and oxygen atoms in total. The van der Waals surface area contributed by atoms with Crippen molar-refractivity contribution in [1.29, 1.82) is 0 Å². The average molecular weight is 482 g/mol. The summed E-state index contributed by atoms with van der Waals surface area (Å²) in [5.41, 5.74) is 3.39. The quantitative estimate of drug-likeness (QED) is 0.415. The molecule has 4 aromatic rings. The number of para-hydroxylation sites is 1. The molecule has 2 aromatic carbocycles. The third-order valence-corrected chi connectivity index (χ3v) is 6.71. The number of rotatable bonds is 5. The molecule has 0 bridgehead atoms. The molecule has 152 valence electrons. The highest BCUT2D eigenvalue weighted by atomic mass is 79.9. The van der Waals surface area contributed by atoms with Crippen molar-refractivity contribution in [3.63, 3.8) is 0 Å². The summed E-state index contributed by atoms with van der Waals surface area (Å²) < 4.78 is 2.36. The van der Waals surface area contributed by atoms with Gasteiger partial charge in [-0.05, 0) is 42.7 Å². The van der Waals surface area contributed by atoms with Gasteiger partial charge in [0.15, 0.2) is 0 Å². The van der Waals surface area contributed by atoms with Crippen LogP contribution in [0.25, 0.3) is 21.3 Å². The summed E-state index contributed by atoms with van der Waals surface area (Å²) >= 11 is 4.99. The van der Waals surface area contributed by atoms with Gasteiger partial charge in [-0.3, -0.25) is 14.2 Å². The van der Waals surface area contributed by atoms with Gasteiger partial charge in [0.2, 0.25) is 5.91 Å². The van der Waals surface area contributed by atoms with E-state index in [0.717, 1.165) is 38.1 Å². The van der Waals surface area contributed by atoms with Crippen molar-refractivity contribution < 1.29 is 4.79 Å². The fraction of sp³-hybridized carbons (Fsp3) is 0.174. The summed E-state index contributed by atoms with van der Waals surface area (Å²) in [5, 5.41) is 3.45. The average Bonchev–Trinajstić information content (AvgIpc) is 3.12. The first-order valence-corrected chi connectivity index (χ1v) is 11.2. The van der Waals surface area contributed by atoms with Crippen LogP contribution in [-0.2, 0) is 17.8 Å². The number of nitrogens with one attached hydrogen (secondary N) is 1. The van der Waals surface area contributed by atoms with E-state index in [1.807, 2.05) is 55.5 Å². The number of nitrogens with zero attached hydrogens (tertiary/aromatic N) is 2. The second-order valence-corrected chi connectivity index (χ2v) is 8.98. The van der Waals surface area contributed by atoms with Crippen molar-refractivity contribution >= 4 is 49.1 Å². The molecule has 0 saturated heterocycles. The number of thiophene rings is 1. The second-order valence-electron chi connectivity index (χ2n) is 6.98. The Morgan fingerprint density at radius 1 is 1.17 bits per heavy atom. The van der Waals surface area contributed by atoms with Gasteiger partial charge in [-0.15, -0.1) is 11.3 Å². The van der Waals surface area contributed by atoms with Crippen LogP contribution in [0, 0.1) is 6.92 Å². The molecule has 7 heteroatoms. The number of amides is 1. The Morgan fingerprint density at radius 2 is 1.90 bits per heavy atom. The van der Waals surface area contributed by atoms with Crippen molar-refractivity contribution in [2.75, 3.05) is 5.32 Å². The molecule has 2 heterocycles. The van der Waals surface area contributed by atoms with E-state index in [1.165, 1.54) is 22.2 Å². The lowest BCUT2D eigenvalue weighted by Crippen LogP contribution is -2.28. The van der Waals surface area contributed by atoms with Gasteiger partial charge in [-0.25, -0.2) is 4.98 Å². The molecule has 0 aliphatic heterocycles. The number of aromatic nitrogens is 2. The largest absolute Gasteiger partial charge is 0.324 e. The number of hydrogen-bond donors (Lipinski definition) is 1. The van der Waals surface area contributed by atoms with Gasteiger partial charge in [0.1, 0.15) is 11.4 Å². The minimum atomic E-state index is -0.260. The van der Waals surface area contributed by atoms with Crippen molar-refractivity contribution in [2.24, 2.45) is 0 Å². The number of carbonyl (C=O) groups excluding carboxylic acids is 1. The van der Waals surface area contributed by atoms with Crippen LogP contribution in [0.15, 0.2) is 64.1 Å². The SMILES string of the molecule is CCc1sc2ncn(CC(=O)Nc3ccccc3C)c(=O)c2c1-c1ccc(Br)cc1. The smallest absolute Gasteiger partial charge is 0.263 e. The lowest BCUT2D eigenvalue weighted by molar-refractivity contribution is -0.116. The molecule has 0 fully saturated rings. The van der Waals surface area contributed by atoms with E-state index < -0.39 is 0 Å². The summed E-state index contributed by atoms with van der Waals surface area (Å²) in [6.45, 7) is 3.91. The van der Waals surface area contributed by atoms with Crippen LogP contribution in [0.3, 0.4) is 0 Å². The van der Waals surface area contributed by atoms with Gasteiger partial charge in [-0.1, -0.05) is 53.2 Å². The third-order valence-electron chi connectivity index (χ3n) is 4.94. The van der Waals surface area contributed by atoms with Crippen LogP contribution < -0.4 is 10.9 Å². The van der Waals surface area contributed by atoms with Gasteiger partial charge in [0.05, 0.1) is 11.7 Å². The first-order valence-electron chi connectivity index (χ1n) is 9.60. The van der Waals surface area contributed by atoms with Crippen LogP contribution in [0.4, 0.5) is 5.69 Å². The molecule has 4 rings (SSSR count). The zero-order valence-corrected chi connectivity index (χ0v) is 19.0. The Hall–Kier alpha value is -2.77. The maximum Gasteiger partial charge on any atom is 0.263 e. The van der Waals surface area contributed by atoms with E-state index in [2.05, 4.69) is 33.2 Å². The molecule has 1 N–H and O–H groups in total. The predicted octanol–water partition coefficient (Wildman–Crippen LogP) is 5.40. The van der Waals surface area contributed by atoms with E-state index in [0.29, 0.717) is 10.2 Å². The van der Waals surface area contributed by atoms with Crippen LogP contribution >= 0.6 is 27.3 Å². The number of benzene rings is 2. The number of anilines is 1. The Labute approximate surface area is 186 Å². The second kappa shape index (κ2) is 8.53. The highest BCUT2D eigenvalue weighted by Crippen LogP contribution is 2.36. The number of fused-ring (bicyclic) bond motifs is 1. The predicted molar refractivity (Wildman–Crippen MR) is 126 cm³/mol. The lowest BCUT2D eigenvalue weighted by Gasteiger charge is -2.10. The molecule has 0 radical (unpaired) electrons. The van der Waals surface area contributed by atoms with Gasteiger partial charge in [0.25, 0.3) is 5.56 Å². The van der Waals surface area contributed by atoms with Crippen LogP contribution in [0.2, 0.25) is 0 Å². The molecular weight excluding hydrogens is 462 g/mol. The molecule has 30 heavy (non-hydrogen) atoms. The van der Waals surface area contributed by atoms with Crippen molar-refractivity contribution in [2.45, 2.75) is 26.8 Å². The molecule has 2 aromatic heterocycles. The number of carbonyl (C=O) groups is 1. The zero-order chi connectivity index (χ0) is 21.3. The topological polar surface area (TPSA) is 64.0 Å². The Kier molecular flexibility index (Phi) is 5.83. The van der Waals surface area contributed by atoms with Gasteiger partial charge < -0.3 is 5.32 Å². The Morgan fingerprint density at radius 3 is 2.60 bits per heavy atom. The van der Waals surface area contributed by atoms with Gasteiger partial charge in [-0.2, -0.15) is 0 Å². The summed E-state index contributed by atoms with van der Waals surface area (Å²) in [6, 6.07) is 15.5. The highest BCUT2D eigenvalue weighted by molar-refractivity contribution is 9.10. The minimum Gasteiger partial charge on any atom is -0.324 e. The normalized spacial score (nSPS) is 11.0. The van der Waals surface area contributed by atoms with Crippen molar-refractivity contribution in [3.8, 4) is 11.1 Å². The van der Waals surface area contributed by atoms with Gasteiger partial charge >= 0.3 is 0 Å². The Balaban J connectivity index is 1.74. The molecule has 0 spiro atoms. The lowest BCUT2D eigenvalue weighted by atomic mass is 10.0. The molecule has 0 unspecified atom stereocenters. The molecule has 0 aliphatic rings. The summed E-state index contributed by atoms with van der Waals surface area (Å²) in [4.78, 5) is 32.2. The summed E-state index contributed by atoms with van der Waals surface area (Å²) in [5.74, 6) is -0.260. The summed E-state index contributed by atoms with van der Waals surface area (Å²) in [7, 11) is 0. The van der Waals surface area contributed by atoms with Crippen LogP contribution in [0.1, 0.15) is 17.4 Å². The highest BCUT2D eigenvalue weighted by Gasteiger charge is 2.19. The maximum atomic E-state index is 13.3. The minimum absolute atomic E-state index is 0.0901. The molecule has 1 amide bonds. The van der Waals surface area contributed by atoms with Crippen molar-refractivity contribution in [3.05, 3.63) is 80.1 Å². The van der Waals surface area contributed by atoms with E-state index >= 15 is 0 Å². The monoisotopic (exact) mass is 481 g/mol. The van der Waals surface area contributed by atoms with Crippen molar-refractivity contribution in [1.82, 2.24) is 9.55 Å². The molecular formula is C23H20BrN3O2S. The zero-order valence-electron chi connectivity index (χ0n) is 16.6. The molecule has 0 aliphatic carbocycles. The fourth-order valence-corrected chi connectivity index (χ4v) is 4.77. The Bertz CT molecular complexity index is 1290. The molecule has 0 atom stereocenters. The van der Waals surface area contributed by atoms with Crippen LogP contribution in [0.5, 0.6) is 0 Å². The standard InChI is InChI=1S/C23H20BrN3O2S/c1-3-18-20(15-8-10-16(24)11-9-15)21-22(30-18)25-13-27(23(21)29)12-19(28)26-17-7-5-4-6-14(17)2/h4-11,13H,3,12H2,1-2H3,(H,26,28). The third kappa shape index (κ3) is 3.95. The number of halogens is 1. The number of hydrogen-bond acceptors (Lipinski definition) is 4.